The van der Waals surface area contributed by atoms with E-state index >= 15 is 0 Å². The van der Waals surface area contributed by atoms with Gasteiger partial charge in [-0.15, -0.1) is 0 Å². The standard InChI is InChI=1S/C12H15ClN2O/c13-9-3-1-2-7-5-15-6-8(14)4-10(15)12(16)11(7)9/h1-3,8,10,12,16H,4-6,14H2. The molecule has 3 atom stereocenters. The second kappa shape index (κ2) is 3.70. The third kappa shape index (κ3) is 1.47. The van der Waals surface area contributed by atoms with Gasteiger partial charge in [-0.2, -0.15) is 0 Å². The molecule has 0 aliphatic carbocycles. The fraction of sp³-hybridized carbons (Fsp3) is 0.500. The lowest BCUT2D eigenvalue weighted by atomic mass is 9.91. The number of fused-ring (bicyclic) bond motifs is 2. The van der Waals surface area contributed by atoms with Gasteiger partial charge in [0.25, 0.3) is 0 Å². The Balaban J connectivity index is 2.04. The van der Waals surface area contributed by atoms with Gasteiger partial charge < -0.3 is 10.8 Å². The topological polar surface area (TPSA) is 49.5 Å². The molecule has 0 bridgehead atoms. The van der Waals surface area contributed by atoms with Crippen molar-refractivity contribution in [3.63, 3.8) is 0 Å². The number of aliphatic hydroxyl groups excluding tert-OH is 1. The Hall–Kier alpha value is -0.610. The summed E-state index contributed by atoms with van der Waals surface area (Å²) in [5.74, 6) is 0. The van der Waals surface area contributed by atoms with Crippen LogP contribution in [-0.4, -0.2) is 28.6 Å². The van der Waals surface area contributed by atoms with Gasteiger partial charge in [-0.1, -0.05) is 23.7 Å². The molecule has 16 heavy (non-hydrogen) atoms. The first-order valence-electron chi connectivity index (χ1n) is 5.62. The average Bonchev–Trinajstić information content (AvgIpc) is 2.59. The summed E-state index contributed by atoms with van der Waals surface area (Å²) in [5, 5.41) is 11.0. The lowest BCUT2D eigenvalue weighted by Crippen LogP contribution is -2.39. The Morgan fingerprint density at radius 1 is 1.44 bits per heavy atom. The molecule has 1 saturated heterocycles. The van der Waals surface area contributed by atoms with Gasteiger partial charge in [0.15, 0.2) is 0 Å². The molecule has 2 heterocycles. The number of halogens is 1. The molecule has 3 N–H and O–H groups in total. The minimum atomic E-state index is -0.494. The molecule has 1 aromatic rings. The summed E-state index contributed by atoms with van der Waals surface area (Å²) in [6, 6.07) is 6.12. The van der Waals surface area contributed by atoms with Crippen LogP contribution in [0.2, 0.25) is 5.02 Å². The zero-order valence-corrected chi connectivity index (χ0v) is 9.69. The van der Waals surface area contributed by atoms with Crippen LogP contribution < -0.4 is 5.73 Å². The number of nitrogens with two attached hydrogens (primary N) is 1. The van der Waals surface area contributed by atoms with Crippen molar-refractivity contribution < 1.29 is 5.11 Å². The summed E-state index contributed by atoms with van der Waals surface area (Å²) in [6.45, 7) is 1.72. The first kappa shape index (κ1) is 10.5. The molecule has 3 rings (SSSR count). The van der Waals surface area contributed by atoms with E-state index in [0.717, 1.165) is 30.6 Å². The van der Waals surface area contributed by atoms with Gasteiger partial charge in [-0.3, -0.25) is 4.90 Å². The fourth-order valence-corrected chi connectivity index (χ4v) is 3.25. The molecule has 0 radical (unpaired) electrons. The molecule has 1 aromatic carbocycles. The monoisotopic (exact) mass is 238 g/mol. The van der Waals surface area contributed by atoms with Crippen molar-refractivity contribution in [2.45, 2.75) is 31.2 Å². The number of nitrogens with zero attached hydrogens (tertiary/aromatic N) is 1. The fourth-order valence-electron chi connectivity index (χ4n) is 2.94. The lowest BCUT2D eigenvalue weighted by Gasteiger charge is -2.35. The van der Waals surface area contributed by atoms with E-state index in [1.807, 2.05) is 18.2 Å². The van der Waals surface area contributed by atoms with Crippen molar-refractivity contribution in [2.75, 3.05) is 6.54 Å². The molecule has 0 aromatic heterocycles. The van der Waals surface area contributed by atoms with Crippen LogP contribution in [0.1, 0.15) is 23.7 Å². The zero-order valence-electron chi connectivity index (χ0n) is 8.94. The SMILES string of the molecule is NC1CC2C(O)c3c(Cl)cccc3CN2C1. The van der Waals surface area contributed by atoms with Crippen LogP contribution in [0.4, 0.5) is 0 Å². The minimum absolute atomic E-state index is 0.141. The molecule has 0 spiro atoms. The van der Waals surface area contributed by atoms with Gasteiger partial charge in [0, 0.05) is 35.8 Å². The zero-order chi connectivity index (χ0) is 11.3. The van der Waals surface area contributed by atoms with Gasteiger partial charge >= 0.3 is 0 Å². The molecule has 1 fully saturated rings. The third-order valence-electron chi connectivity index (χ3n) is 3.66. The Kier molecular flexibility index (Phi) is 2.44. The maximum absolute atomic E-state index is 10.3. The second-order valence-electron chi connectivity index (χ2n) is 4.75. The van der Waals surface area contributed by atoms with Gasteiger partial charge in [0.05, 0.1) is 6.10 Å². The number of rotatable bonds is 0. The molecule has 3 unspecified atom stereocenters. The lowest BCUT2D eigenvalue weighted by molar-refractivity contribution is 0.0534. The minimum Gasteiger partial charge on any atom is -0.387 e. The first-order chi connectivity index (χ1) is 7.66. The predicted octanol–water partition coefficient (Wildman–Crippen LogP) is 1.29. The summed E-state index contributed by atoms with van der Waals surface area (Å²) < 4.78 is 0. The predicted molar refractivity (Wildman–Crippen MR) is 63.2 cm³/mol. The molecule has 0 saturated carbocycles. The Morgan fingerprint density at radius 3 is 3.06 bits per heavy atom. The number of hydrogen-bond acceptors (Lipinski definition) is 3. The van der Waals surface area contributed by atoms with Crippen LogP contribution in [0.25, 0.3) is 0 Å². The van der Waals surface area contributed by atoms with Gasteiger partial charge in [-0.25, -0.2) is 0 Å². The van der Waals surface area contributed by atoms with Crippen molar-refractivity contribution in [2.24, 2.45) is 5.73 Å². The van der Waals surface area contributed by atoms with E-state index in [2.05, 4.69) is 4.90 Å². The van der Waals surface area contributed by atoms with Gasteiger partial charge in [0.1, 0.15) is 0 Å². The second-order valence-corrected chi connectivity index (χ2v) is 5.16. The maximum atomic E-state index is 10.3. The third-order valence-corrected chi connectivity index (χ3v) is 3.99. The number of benzene rings is 1. The summed E-state index contributed by atoms with van der Waals surface area (Å²) >= 11 is 6.15. The maximum Gasteiger partial charge on any atom is 0.0963 e. The van der Waals surface area contributed by atoms with E-state index in [1.165, 1.54) is 0 Å². The van der Waals surface area contributed by atoms with Crippen LogP contribution in [-0.2, 0) is 6.54 Å². The number of aliphatic hydroxyl groups is 1. The molecule has 0 amide bonds. The highest BCUT2D eigenvalue weighted by molar-refractivity contribution is 6.31. The molecule has 4 heteroatoms. The van der Waals surface area contributed by atoms with E-state index in [9.17, 15) is 5.11 Å². The van der Waals surface area contributed by atoms with Crippen LogP contribution in [0, 0.1) is 0 Å². The summed E-state index contributed by atoms with van der Waals surface area (Å²) in [7, 11) is 0. The van der Waals surface area contributed by atoms with E-state index < -0.39 is 6.10 Å². The van der Waals surface area contributed by atoms with Gasteiger partial charge in [0.2, 0.25) is 0 Å². The molecular formula is C12H15ClN2O. The van der Waals surface area contributed by atoms with Crippen molar-refractivity contribution in [3.05, 3.63) is 34.3 Å². The molecule has 86 valence electrons. The summed E-state index contributed by atoms with van der Waals surface area (Å²) in [6.07, 6.45) is 0.359. The van der Waals surface area contributed by atoms with Crippen LogP contribution in [0.3, 0.4) is 0 Å². The van der Waals surface area contributed by atoms with E-state index in [0.29, 0.717) is 5.02 Å². The van der Waals surface area contributed by atoms with E-state index in [4.69, 9.17) is 17.3 Å². The van der Waals surface area contributed by atoms with Crippen LogP contribution in [0.5, 0.6) is 0 Å². The van der Waals surface area contributed by atoms with E-state index in [1.54, 1.807) is 0 Å². The smallest absolute Gasteiger partial charge is 0.0963 e. The highest BCUT2D eigenvalue weighted by atomic mass is 35.5. The quantitative estimate of drug-likeness (QED) is 0.716. The number of hydrogen-bond donors (Lipinski definition) is 2. The van der Waals surface area contributed by atoms with Crippen molar-refractivity contribution in [1.82, 2.24) is 4.90 Å². The highest BCUT2D eigenvalue weighted by Gasteiger charge is 2.40. The van der Waals surface area contributed by atoms with Crippen molar-refractivity contribution >= 4 is 11.6 Å². The molecule has 2 aliphatic rings. The van der Waals surface area contributed by atoms with Gasteiger partial charge in [-0.05, 0) is 18.1 Å². The van der Waals surface area contributed by atoms with Crippen molar-refractivity contribution in [1.29, 1.82) is 0 Å². The van der Waals surface area contributed by atoms with E-state index in [-0.39, 0.29) is 12.1 Å². The largest absolute Gasteiger partial charge is 0.387 e. The molecular weight excluding hydrogens is 224 g/mol. The first-order valence-corrected chi connectivity index (χ1v) is 5.99. The summed E-state index contributed by atoms with van der Waals surface area (Å²) in [4.78, 5) is 2.26. The van der Waals surface area contributed by atoms with Crippen LogP contribution >= 0.6 is 11.6 Å². The molecule has 3 nitrogen and oxygen atoms in total. The molecule has 2 aliphatic heterocycles. The highest BCUT2D eigenvalue weighted by Crippen LogP contribution is 2.39. The van der Waals surface area contributed by atoms with Crippen LogP contribution in [0.15, 0.2) is 18.2 Å². The normalized spacial score (nSPS) is 33.6. The Bertz CT molecular complexity index is 423. The Labute approximate surface area is 99.8 Å². The summed E-state index contributed by atoms with van der Waals surface area (Å²) in [5.41, 5.74) is 7.98. The average molecular weight is 239 g/mol. The Morgan fingerprint density at radius 2 is 2.25 bits per heavy atom. The van der Waals surface area contributed by atoms with Crippen molar-refractivity contribution in [3.8, 4) is 0 Å².